The van der Waals surface area contributed by atoms with Gasteiger partial charge in [0, 0.05) is 6.20 Å². The van der Waals surface area contributed by atoms with Crippen LogP contribution in [0.4, 0.5) is 0 Å². The molecule has 1 aromatic carbocycles. The molecule has 1 N–H and O–H groups in total. The normalized spacial score (nSPS) is 12.2. The van der Waals surface area contributed by atoms with Gasteiger partial charge in [0.15, 0.2) is 0 Å². The Morgan fingerprint density at radius 1 is 1.21 bits per heavy atom. The predicted molar refractivity (Wildman–Crippen MR) is 70.6 cm³/mol. The molecule has 2 heterocycles. The molecule has 1 unspecified atom stereocenters. The number of benzene rings is 1. The molecular weight excluding hydrogens is 262 g/mol. The van der Waals surface area contributed by atoms with Gasteiger partial charge in [0.25, 0.3) is 0 Å². The van der Waals surface area contributed by atoms with Crippen LogP contribution in [0, 0.1) is 11.3 Å². The molecule has 0 spiro atoms. The van der Waals surface area contributed by atoms with E-state index in [9.17, 15) is 5.26 Å². The first-order valence-electron chi connectivity index (χ1n) is 5.60. The van der Waals surface area contributed by atoms with E-state index in [1.54, 1.807) is 6.07 Å². The quantitative estimate of drug-likeness (QED) is 0.726. The van der Waals surface area contributed by atoms with E-state index in [1.165, 1.54) is 6.20 Å². The van der Waals surface area contributed by atoms with E-state index in [0.717, 1.165) is 11.0 Å². The summed E-state index contributed by atoms with van der Waals surface area (Å²) in [6.45, 7) is 0. The fourth-order valence-electron chi connectivity index (χ4n) is 1.89. The third kappa shape index (κ3) is 2.14. The highest BCUT2D eigenvalue weighted by Gasteiger charge is 2.19. The van der Waals surface area contributed by atoms with Crippen LogP contribution in [0.1, 0.15) is 17.4 Å². The molecular formula is C13H8ClN5. The molecule has 3 rings (SSSR count). The Morgan fingerprint density at radius 2 is 2.05 bits per heavy atom. The molecule has 5 nitrogen and oxygen atoms in total. The first-order chi connectivity index (χ1) is 9.28. The molecule has 92 valence electrons. The maximum atomic E-state index is 9.34. The first-order valence-corrected chi connectivity index (χ1v) is 5.98. The van der Waals surface area contributed by atoms with Crippen molar-refractivity contribution < 1.29 is 0 Å². The number of hydrogen-bond donors (Lipinski definition) is 1. The van der Waals surface area contributed by atoms with Crippen LogP contribution in [-0.4, -0.2) is 19.9 Å². The van der Waals surface area contributed by atoms with Crippen LogP contribution in [0.5, 0.6) is 0 Å². The molecule has 19 heavy (non-hydrogen) atoms. The van der Waals surface area contributed by atoms with Crippen LogP contribution in [0.3, 0.4) is 0 Å². The van der Waals surface area contributed by atoms with E-state index >= 15 is 0 Å². The van der Waals surface area contributed by atoms with Gasteiger partial charge in [-0.25, -0.2) is 15.0 Å². The lowest BCUT2D eigenvalue weighted by atomic mass is 10.1. The van der Waals surface area contributed by atoms with Crippen molar-refractivity contribution >= 4 is 22.6 Å². The first kappa shape index (κ1) is 11.6. The predicted octanol–water partition coefficient (Wildman–Crippen LogP) is 2.66. The zero-order chi connectivity index (χ0) is 13.2. The Kier molecular flexibility index (Phi) is 2.86. The third-order valence-corrected chi connectivity index (χ3v) is 2.94. The highest BCUT2D eigenvalue weighted by Crippen LogP contribution is 2.23. The SMILES string of the molecule is N#CC(c1ccnc(Cl)n1)c1nc2ccccc2[nH]1. The van der Waals surface area contributed by atoms with Crippen molar-refractivity contribution in [1.82, 2.24) is 19.9 Å². The molecule has 3 aromatic rings. The minimum absolute atomic E-state index is 0.119. The topological polar surface area (TPSA) is 78.2 Å². The zero-order valence-corrected chi connectivity index (χ0v) is 10.5. The van der Waals surface area contributed by atoms with Crippen LogP contribution in [0.2, 0.25) is 5.28 Å². The molecule has 0 amide bonds. The maximum absolute atomic E-state index is 9.34. The lowest BCUT2D eigenvalue weighted by Gasteiger charge is -2.04. The molecule has 0 fully saturated rings. The van der Waals surface area contributed by atoms with Crippen LogP contribution >= 0.6 is 11.6 Å². The second kappa shape index (κ2) is 4.67. The van der Waals surface area contributed by atoms with Crippen LogP contribution < -0.4 is 0 Å². The molecule has 6 heteroatoms. The highest BCUT2D eigenvalue weighted by atomic mass is 35.5. The molecule has 2 aromatic heterocycles. The summed E-state index contributed by atoms with van der Waals surface area (Å²) < 4.78 is 0. The number of nitrogens with zero attached hydrogens (tertiary/aromatic N) is 4. The van der Waals surface area contributed by atoms with Crippen molar-refractivity contribution in [3.63, 3.8) is 0 Å². The van der Waals surface area contributed by atoms with Gasteiger partial charge >= 0.3 is 0 Å². The summed E-state index contributed by atoms with van der Waals surface area (Å²) in [7, 11) is 0. The second-order valence-corrected chi connectivity index (χ2v) is 4.29. The minimum Gasteiger partial charge on any atom is -0.341 e. The van der Waals surface area contributed by atoms with Crippen molar-refractivity contribution in [2.45, 2.75) is 5.92 Å². The molecule has 0 saturated heterocycles. The van der Waals surface area contributed by atoms with Crippen LogP contribution in [0.15, 0.2) is 36.5 Å². The average Bonchev–Trinajstić information content (AvgIpc) is 2.83. The summed E-state index contributed by atoms with van der Waals surface area (Å²) in [6, 6.07) is 11.4. The fourth-order valence-corrected chi connectivity index (χ4v) is 2.04. The van der Waals surface area contributed by atoms with E-state index in [0.29, 0.717) is 11.5 Å². The monoisotopic (exact) mass is 269 g/mol. The Morgan fingerprint density at radius 3 is 2.79 bits per heavy atom. The highest BCUT2D eigenvalue weighted by molar-refractivity contribution is 6.28. The number of aromatic nitrogens is 4. The number of nitriles is 1. The van der Waals surface area contributed by atoms with Gasteiger partial charge in [-0.2, -0.15) is 5.26 Å². The van der Waals surface area contributed by atoms with Gasteiger partial charge in [0.1, 0.15) is 11.7 Å². The minimum atomic E-state index is -0.590. The lowest BCUT2D eigenvalue weighted by molar-refractivity contribution is 0.881. The summed E-state index contributed by atoms with van der Waals surface area (Å²) in [6.07, 6.45) is 1.53. The summed E-state index contributed by atoms with van der Waals surface area (Å²) in [5, 5.41) is 9.45. The van der Waals surface area contributed by atoms with Crippen molar-refractivity contribution in [3.8, 4) is 6.07 Å². The average molecular weight is 270 g/mol. The van der Waals surface area contributed by atoms with Crippen molar-refractivity contribution in [2.24, 2.45) is 0 Å². The number of fused-ring (bicyclic) bond motifs is 1. The summed E-state index contributed by atoms with van der Waals surface area (Å²) >= 11 is 5.75. The molecule has 0 aliphatic heterocycles. The van der Waals surface area contributed by atoms with Gasteiger partial charge in [-0.15, -0.1) is 0 Å². The molecule has 0 aliphatic carbocycles. The number of halogens is 1. The van der Waals surface area contributed by atoms with Crippen molar-refractivity contribution in [1.29, 1.82) is 5.26 Å². The summed E-state index contributed by atoms with van der Waals surface area (Å²) in [5.41, 5.74) is 2.23. The number of rotatable bonds is 2. The third-order valence-electron chi connectivity index (χ3n) is 2.75. The Labute approximate surface area is 113 Å². The number of aromatic amines is 1. The van der Waals surface area contributed by atoms with E-state index in [1.807, 2.05) is 24.3 Å². The Hall–Kier alpha value is -2.45. The van der Waals surface area contributed by atoms with Crippen molar-refractivity contribution in [3.05, 3.63) is 53.3 Å². The number of H-pyrrole nitrogens is 1. The molecule has 0 aliphatic rings. The van der Waals surface area contributed by atoms with Gasteiger partial charge < -0.3 is 4.98 Å². The number of hydrogen-bond acceptors (Lipinski definition) is 4. The van der Waals surface area contributed by atoms with E-state index in [2.05, 4.69) is 26.0 Å². The maximum Gasteiger partial charge on any atom is 0.222 e. The summed E-state index contributed by atoms with van der Waals surface area (Å²) in [5.74, 6) is -0.0358. The number of imidazole rings is 1. The second-order valence-electron chi connectivity index (χ2n) is 3.95. The molecule has 0 radical (unpaired) electrons. The fraction of sp³-hybridized carbons (Fsp3) is 0.0769. The molecule has 1 atom stereocenters. The largest absolute Gasteiger partial charge is 0.341 e. The summed E-state index contributed by atoms with van der Waals surface area (Å²) in [4.78, 5) is 15.4. The van der Waals surface area contributed by atoms with Gasteiger partial charge in [0.05, 0.1) is 22.8 Å². The number of nitrogens with one attached hydrogen (secondary N) is 1. The Balaban J connectivity index is 2.10. The smallest absolute Gasteiger partial charge is 0.222 e. The van der Waals surface area contributed by atoms with Gasteiger partial charge in [-0.3, -0.25) is 0 Å². The van der Waals surface area contributed by atoms with Crippen molar-refractivity contribution in [2.75, 3.05) is 0 Å². The number of para-hydroxylation sites is 2. The standard InChI is InChI=1S/C13H8ClN5/c14-13-16-6-5-9(19-13)8(7-15)12-17-10-3-1-2-4-11(10)18-12/h1-6,8H,(H,17,18). The molecule has 0 saturated carbocycles. The lowest BCUT2D eigenvalue weighted by Crippen LogP contribution is -2.03. The zero-order valence-electron chi connectivity index (χ0n) is 9.71. The van der Waals surface area contributed by atoms with E-state index < -0.39 is 5.92 Å². The van der Waals surface area contributed by atoms with E-state index in [-0.39, 0.29) is 5.28 Å². The van der Waals surface area contributed by atoms with Gasteiger partial charge in [0.2, 0.25) is 5.28 Å². The van der Waals surface area contributed by atoms with Crippen LogP contribution in [0.25, 0.3) is 11.0 Å². The van der Waals surface area contributed by atoms with Crippen LogP contribution in [-0.2, 0) is 0 Å². The molecule has 0 bridgehead atoms. The van der Waals surface area contributed by atoms with Gasteiger partial charge in [-0.05, 0) is 29.8 Å². The van der Waals surface area contributed by atoms with Gasteiger partial charge in [-0.1, -0.05) is 12.1 Å². The Bertz CT molecular complexity index is 741. The van der Waals surface area contributed by atoms with E-state index in [4.69, 9.17) is 11.6 Å².